The van der Waals surface area contributed by atoms with E-state index in [1.165, 1.54) is 0 Å². The van der Waals surface area contributed by atoms with Crippen molar-refractivity contribution in [3.63, 3.8) is 0 Å². The Labute approximate surface area is 112 Å². The van der Waals surface area contributed by atoms with Gasteiger partial charge in [-0.05, 0) is 33.9 Å². The largest absolute Gasteiger partial charge is 0.466 e. The van der Waals surface area contributed by atoms with Crippen LogP contribution in [0, 0.1) is 13.8 Å². The van der Waals surface area contributed by atoms with Crippen molar-refractivity contribution in [3.8, 4) is 11.5 Å². The van der Waals surface area contributed by atoms with Crippen molar-refractivity contribution in [2.24, 2.45) is 0 Å². The van der Waals surface area contributed by atoms with Crippen LogP contribution in [0.5, 0.6) is 0 Å². The molecule has 0 bridgehead atoms. The average Bonchev–Trinajstić information content (AvgIpc) is 2.85. The van der Waals surface area contributed by atoms with Crippen LogP contribution in [0.1, 0.15) is 24.3 Å². The van der Waals surface area contributed by atoms with Crippen LogP contribution >= 0.6 is 12.4 Å². The zero-order valence-corrected chi connectivity index (χ0v) is 11.8. The van der Waals surface area contributed by atoms with Crippen molar-refractivity contribution in [3.05, 3.63) is 23.4 Å². The predicted molar refractivity (Wildman–Crippen MR) is 70.9 cm³/mol. The van der Waals surface area contributed by atoms with Gasteiger partial charge >= 0.3 is 0 Å². The van der Waals surface area contributed by atoms with Crippen molar-refractivity contribution in [2.45, 2.75) is 33.2 Å². The van der Waals surface area contributed by atoms with E-state index < -0.39 is 0 Å². The third kappa shape index (κ3) is 3.11. The first-order valence-corrected chi connectivity index (χ1v) is 5.67. The van der Waals surface area contributed by atoms with Gasteiger partial charge in [0, 0.05) is 12.5 Å². The molecule has 0 aliphatic rings. The quantitative estimate of drug-likeness (QED) is 0.926. The topological polar surface area (TPSA) is 64.1 Å². The number of furan rings is 1. The molecule has 1 unspecified atom stereocenters. The van der Waals surface area contributed by atoms with Crippen LogP contribution in [-0.4, -0.2) is 23.2 Å². The summed E-state index contributed by atoms with van der Waals surface area (Å²) in [7, 11) is 1.91. The fourth-order valence-corrected chi connectivity index (χ4v) is 1.67. The molecule has 5 nitrogen and oxygen atoms in total. The Morgan fingerprint density at radius 1 is 1.39 bits per heavy atom. The molecule has 0 aliphatic heterocycles. The predicted octanol–water partition coefficient (Wildman–Crippen LogP) is 2.52. The van der Waals surface area contributed by atoms with Gasteiger partial charge in [0.15, 0.2) is 5.82 Å². The van der Waals surface area contributed by atoms with E-state index in [9.17, 15) is 0 Å². The van der Waals surface area contributed by atoms with E-state index >= 15 is 0 Å². The Morgan fingerprint density at radius 3 is 2.67 bits per heavy atom. The van der Waals surface area contributed by atoms with Crippen molar-refractivity contribution in [1.82, 2.24) is 15.5 Å². The summed E-state index contributed by atoms with van der Waals surface area (Å²) >= 11 is 0. The number of hydrogen-bond donors (Lipinski definition) is 1. The lowest BCUT2D eigenvalue weighted by Gasteiger charge is -2.04. The summed E-state index contributed by atoms with van der Waals surface area (Å²) in [5.41, 5.74) is 0.873. The van der Waals surface area contributed by atoms with E-state index in [0.717, 1.165) is 23.5 Å². The lowest BCUT2D eigenvalue weighted by Crippen LogP contribution is -2.24. The summed E-state index contributed by atoms with van der Waals surface area (Å²) < 4.78 is 10.7. The first-order valence-electron chi connectivity index (χ1n) is 5.67. The van der Waals surface area contributed by atoms with Crippen LogP contribution in [0.2, 0.25) is 0 Å². The minimum atomic E-state index is 0. The molecule has 0 aromatic carbocycles. The molecule has 100 valence electrons. The molecule has 1 N–H and O–H groups in total. The Morgan fingerprint density at radius 2 is 2.11 bits per heavy atom. The highest BCUT2D eigenvalue weighted by atomic mass is 35.5. The maximum Gasteiger partial charge on any atom is 0.261 e. The van der Waals surface area contributed by atoms with Crippen LogP contribution in [0.25, 0.3) is 11.5 Å². The number of rotatable bonds is 4. The third-order valence-corrected chi connectivity index (χ3v) is 2.72. The molecule has 0 radical (unpaired) electrons. The first kappa shape index (κ1) is 14.7. The Bertz CT molecular complexity index is 507. The van der Waals surface area contributed by atoms with Gasteiger partial charge in [-0.15, -0.1) is 12.4 Å². The minimum Gasteiger partial charge on any atom is -0.466 e. The molecular formula is C12H18ClN3O2. The van der Waals surface area contributed by atoms with Crippen molar-refractivity contribution < 1.29 is 8.94 Å². The van der Waals surface area contributed by atoms with Crippen molar-refractivity contribution in [1.29, 1.82) is 0 Å². The van der Waals surface area contributed by atoms with Gasteiger partial charge in [0.25, 0.3) is 5.89 Å². The molecule has 0 amide bonds. The molecule has 0 spiro atoms. The number of hydrogen-bond acceptors (Lipinski definition) is 5. The molecule has 2 aromatic heterocycles. The van der Waals surface area contributed by atoms with Gasteiger partial charge in [-0.25, -0.2) is 0 Å². The maximum absolute atomic E-state index is 5.44. The molecule has 0 fully saturated rings. The standard InChI is InChI=1S/C12H17N3O2.ClH/c1-7(13-4)5-11-14-12(17-15-11)10-6-8(2)16-9(10)3;/h6-7,13H,5H2,1-4H3;1H. The molecule has 0 aliphatic carbocycles. The number of halogens is 1. The highest BCUT2D eigenvalue weighted by Crippen LogP contribution is 2.24. The SMILES string of the molecule is CNC(C)Cc1noc(-c2cc(C)oc2C)n1.Cl. The van der Waals surface area contributed by atoms with E-state index in [0.29, 0.717) is 17.8 Å². The van der Waals surface area contributed by atoms with Crippen LogP contribution in [-0.2, 0) is 6.42 Å². The van der Waals surface area contributed by atoms with Crippen LogP contribution in [0.3, 0.4) is 0 Å². The number of nitrogens with zero attached hydrogens (tertiary/aromatic N) is 2. The van der Waals surface area contributed by atoms with Crippen LogP contribution in [0.15, 0.2) is 15.0 Å². The zero-order chi connectivity index (χ0) is 12.4. The smallest absolute Gasteiger partial charge is 0.261 e. The van der Waals surface area contributed by atoms with Crippen molar-refractivity contribution >= 4 is 12.4 Å². The summed E-state index contributed by atoms with van der Waals surface area (Å²) in [4.78, 5) is 4.36. The number of nitrogens with one attached hydrogen (secondary N) is 1. The van der Waals surface area contributed by atoms with Crippen LogP contribution in [0.4, 0.5) is 0 Å². The normalized spacial score (nSPS) is 12.2. The monoisotopic (exact) mass is 271 g/mol. The molecule has 0 saturated carbocycles. The Balaban J connectivity index is 0.00000162. The van der Waals surface area contributed by atoms with Crippen molar-refractivity contribution in [2.75, 3.05) is 7.05 Å². The van der Waals surface area contributed by atoms with E-state index in [1.54, 1.807) is 0 Å². The number of likely N-dealkylation sites (N-methyl/N-ethyl adjacent to an activating group) is 1. The number of aromatic nitrogens is 2. The average molecular weight is 272 g/mol. The molecule has 2 rings (SSSR count). The first-order chi connectivity index (χ1) is 8.10. The lowest BCUT2D eigenvalue weighted by atomic mass is 10.2. The second kappa shape index (κ2) is 6.02. The van der Waals surface area contributed by atoms with E-state index in [4.69, 9.17) is 8.94 Å². The molecule has 6 heteroatoms. The molecule has 2 aromatic rings. The third-order valence-electron chi connectivity index (χ3n) is 2.72. The summed E-state index contributed by atoms with van der Waals surface area (Å²) in [6.07, 6.45) is 0.746. The van der Waals surface area contributed by atoms with Gasteiger partial charge < -0.3 is 14.3 Å². The van der Waals surface area contributed by atoms with E-state index in [2.05, 4.69) is 22.4 Å². The van der Waals surface area contributed by atoms with Gasteiger partial charge in [-0.1, -0.05) is 5.16 Å². The van der Waals surface area contributed by atoms with Gasteiger partial charge in [-0.2, -0.15) is 4.98 Å². The molecule has 0 saturated heterocycles. The summed E-state index contributed by atoms with van der Waals surface area (Å²) in [6, 6.07) is 2.24. The summed E-state index contributed by atoms with van der Waals surface area (Å²) in [5.74, 6) is 2.89. The maximum atomic E-state index is 5.44. The Kier molecular flexibility index (Phi) is 4.93. The van der Waals surface area contributed by atoms with E-state index in [-0.39, 0.29) is 12.4 Å². The highest BCUT2D eigenvalue weighted by Gasteiger charge is 2.15. The fraction of sp³-hybridized carbons (Fsp3) is 0.500. The van der Waals surface area contributed by atoms with Gasteiger partial charge in [-0.3, -0.25) is 0 Å². The molecule has 2 heterocycles. The van der Waals surface area contributed by atoms with E-state index in [1.807, 2.05) is 27.0 Å². The summed E-state index contributed by atoms with van der Waals surface area (Å²) in [5, 5.41) is 7.10. The summed E-state index contributed by atoms with van der Waals surface area (Å²) in [6.45, 7) is 5.86. The van der Waals surface area contributed by atoms with Gasteiger partial charge in [0.2, 0.25) is 0 Å². The number of aryl methyl sites for hydroxylation is 2. The molecular weight excluding hydrogens is 254 g/mol. The second-order valence-corrected chi connectivity index (χ2v) is 4.24. The zero-order valence-electron chi connectivity index (χ0n) is 11.0. The fourth-order valence-electron chi connectivity index (χ4n) is 1.67. The lowest BCUT2D eigenvalue weighted by molar-refractivity contribution is 0.416. The van der Waals surface area contributed by atoms with Crippen LogP contribution < -0.4 is 5.32 Å². The van der Waals surface area contributed by atoms with Gasteiger partial charge in [0.05, 0.1) is 5.56 Å². The Hall–Kier alpha value is -1.33. The molecule has 1 atom stereocenters. The second-order valence-electron chi connectivity index (χ2n) is 4.24. The van der Waals surface area contributed by atoms with Gasteiger partial charge in [0.1, 0.15) is 11.5 Å². The molecule has 18 heavy (non-hydrogen) atoms. The highest BCUT2D eigenvalue weighted by molar-refractivity contribution is 5.85. The minimum absolute atomic E-state index is 0.